The zero-order valence-electron chi connectivity index (χ0n) is 11.0. The van der Waals surface area contributed by atoms with Crippen molar-refractivity contribution in [1.82, 2.24) is 9.97 Å². The molecule has 0 aliphatic carbocycles. The number of nitrogens with one attached hydrogen (secondary N) is 1. The number of hydrogen-bond acceptors (Lipinski definition) is 7. The zero-order chi connectivity index (χ0) is 13.9. The molecule has 2 rings (SSSR count). The van der Waals surface area contributed by atoms with E-state index in [2.05, 4.69) is 20.0 Å². The molecule has 1 aromatic heterocycles. The lowest BCUT2D eigenvalue weighted by atomic mass is 10.0. The van der Waals surface area contributed by atoms with Crippen LogP contribution in [0.5, 0.6) is 0 Å². The standard InChI is InChI=1S/C12H17N3O4/c1-8-5-9(15-10(14-8)11(16)18-2)13-6-12(17)3-4-19-7-12/h5,17H,3-4,6-7H2,1-2H3,(H,13,14,15). The predicted molar refractivity (Wildman–Crippen MR) is 67.0 cm³/mol. The lowest BCUT2D eigenvalue weighted by molar-refractivity contribution is 0.0381. The summed E-state index contributed by atoms with van der Waals surface area (Å²) in [5, 5.41) is 13.1. The van der Waals surface area contributed by atoms with Crippen LogP contribution in [-0.2, 0) is 9.47 Å². The van der Waals surface area contributed by atoms with Gasteiger partial charge in [0.1, 0.15) is 11.4 Å². The van der Waals surface area contributed by atoms with Gasteiger partial charge in [0, 0.05) is 31.3 Å². The molecular formula is C12H17N3O4. The molecule has 7 nitrogen and oxygen atoms in total. The van der Waals surface area contributed by atoms with Crippen LogP contribution in [-0.4, -0.2) is 53.5 Å². The summed E-state index contributed by atoms with van der Waals surface area (Å²) in [6.07, 6.45) is 0.577. The van der Waals surface area contributed by atoms with Crippen LogP contribution in [0.2, 0.25) is 0 Å². The second kappa shape index (κ2) is 5.50. The number of methoxy groups -OCH3 is 1. The zero-order valence-corrected chi connectivity index (χ0v) is 11.0. The molecule has 104 valence electrons. The summed E-state index contributed by atoms with van der Waals surface area (Å²) in [4.78, 5) is 19.4. The van der Waals surface area contributed by atoms with Crippen LogP contribution in [0.3, 0.4) is 0 Å². The first kappa shape index (κ1) is 13.7. The van der Waals surface area contributed by atoms with E-state index in [4.69, 9.17) is 4.74 Å². The Morgan fingerprint density at radius 2 is 2.42 bits per heavy atom. The van der Waals surface area contributed by atoms with E-state index in [1.54, 1.807) is 13.0 Å². The molecule has 2 heterocycles. The molecule has 1 fully saturated rings. The molecule has 1 aliphatic heterocycles. The summed E-state index contributed by atoms with van der Waals surface area (Å²) in [6.45, 7) is 2.92. The molecule has 7 heteroatoms. The predicted octanol–water partition coefficient (Wildman–Crippen LogP) is 0.135. The van der Waals surface area contributed by atoms with Crippen molar-refractivity contribution in [2.45, 2.75) is 18.9 Å². The van der Waals surface area contributed by atoms with E-state index in [0.29, 0.717) is 37.7 Å². The first-order valence-corrected chi connectivity index (χ1v) is 6.00. The number of esters is 1. The number of carbonyl (C=O) groups excluding carboxylic acids is 1. The summed E-state index contributed by atoms with van der Waals surface area (Å²) in [7, 11) is 1.28. The van der Waals surface area contributed by atoms with Crippen LogP contribution in [0.4, 0.5) is 5.82 Å². The minimum atomic E-state index is -0.885. The largest absolute Gasteiger partial charge is 0.463 e. The minimum Gasteiger partial charge on any atom is -0.463 e. The molecule has 19 heavy (non-hydrogen) atoms. The van der Waals surface area contributed by atoms with Crippen LogP contribution >= 0.6 is 0 Å². The number of carbonyl (C=O) groups is 1. The monoisotopic (exact) mass is 267 g/mol. The summed E-state index contributed by atoms with van der Waals surface area (Å²) >= 11 is 0. The van der Waals surface area contributed by atoms with Gasteiger partial charge in [0.25, 0.3) is 0 Å². The third-order valence-electron chi connectivity index (χ3n) is 2.90. The summed E-state index contributed by atoms with van der Waals surface area (Å²) in [6, 6.07) is 1.70. The molecule has 0 saturated carbocycles. The first-order chi connectivity index (χ1) is 9.02. The van der Waals surface area contributed by atoms with E-state index in [0.717, 1.165) is 0 Å². The molecular weight excluding hydrogens is 250 g/mol. The second-order valence-electron chi connectivity index (χ2n) is 4.59. The van der Waals surface area contributed by atoms with Gasteiger partial charge in [-0.3, -0.25) is 0 Å². The third-order valence-corrected chi connectivity index (χ3v) is 2.90. The fourth-order valence-corrected chi connectivity index (χ4v) is 1.83. The second-order valence-corrected chi connectivity index (χ2v) is 4.59. The number of aliphatic hydroxyl groups is 1. The maximum Gasteiger partial charge on any atom is 0.376 e. The van der Waals surface area contributed by atoms with Gasteiger partial charge in [0.2, 0.25) is 5.82 Å². The highest BCUT2D eigenvalue weighted by atomic mass is 16.5. The van der Waals surface area contributed by atoms with Crippen molar-refractivity contribution in [3.05, 3.63) is 17.6 Å². The quantitative estimate of drug-likeness (QED) is 0.749. The van der Waals surface area contributed by atoms with Crippen molar-refractivity contribution in [1.29, 1.82) is 0 Å². The Morgan fingerprint density at radius 1 is 1.63 bits per heavy atom. The first-order valence-electron chi connectivity index (χ1n) is 6.00. The fraction of sp³-hybridized carbons (Fsp3) is 0.583. The Kier molecular flexibility index (Phi) is 3.96. The lowest BCUT2D eigenvalue weighted by Gasteiger charge is -2.21. The van der Waals surface area contributed by atoms with Gasteiger partial charge < -0.3 is 19.9 Å². The van der Waals surface area contributed by atoms with E-state index >= 15 is 0 Å². The molecule has 0 bridgehead atoms. The summed E-state index contributed by atoms with van der Waals surface area (Å²) < 4.78 is 9.74. The highest BCUT2D eigenvalue weighted by Gasteiger charge is 2.32. The van der Waals surface area contributed by atoms with Gasteiger partial charge in [-0.1, -0.05) is 0 Å². The van der Waals surface area contributed by atoms with Crippen LogP contribution in [0.25, 0.3) is 0 Å². The molecule has 2 N–H and O–H groups in total. The number of anilines is 1. The molecule has 1 unspecified atom stereocenters. The Balaban J connectivity index is 2.07. The third kappa shape index (κ3) is 3.39. The normalized spacial score (nSPS) is 22.3. The van der Waals surface area contributed by atoms with Crippen LogP contribution < -0.4 is 5.32 Å². The van der Waals surface area contributed by atoms with Gasteiger partial charge in [-0.05, 0) is 6.92 Å². The van der Waals surface area contributed by atoms with Crippen molar-refractivity contribution >= 4 is 11.8 Å². The average Bonchev–Trinajstić information content (AvgIpc) is 2.82. The van der Waals surface area contributed by atoms with E-state index < -0.39 is 11.6 Å². The van der Waals surface area contributed by atoms with Crippen molar-refractivity contribution in [3.63, 3.8) is 0 Å². The smallest absolute Gasteiger partial charge is 0.376 e. The molecule has 1 aromatic rings. The van der Waals surface area contributed by atoms with Gasteiger partial charge in [-0.25, -0.2) is 14.8 Å². The molecule has 0 radical (unpaired) electrons. The maximum atomic E-state index is 11.4. The van der Waals surface area contributed by atoms with Gasteiger partial charge in [-0.2, -0.15) is 0 Å². The van der Waals surface area contributed by atoms with Crippen molar-refractivity contribution in [3.8, 4) is 0 Å². The minimum absolute atomic E-state index is 0.000313. The molecule has 1 saturated heterocycles. The van der Waals surface area contributed by atoms with Crippen LogP contribution in [0.1, 0.15) is 22.7 Å². The van der Waals surface area contributed by atoms with E-state index in [1.807, 2.05) is 0 Å². The number of ether oxygens (including phenoxy) is 2. The van der Waals surface area contributed by atoms with Crippen LogP contribution in [0, 0.1) is 6.92 Å². The highest BCUT2D eigenvalue weighted by Crippen LogP contribution is 2.19. The Morgan fingerprint density at radius 3 is 3.05 bits per heavy atom. The topological polar surface area (TPSA) is 93.6 Å². The highest BCUT2D eigenvalue weighted by molar-refractivity contribution is 5.85. The fourth-order valence-electron chi connectivity index (χ4n) is 1.83. The number of aryl methyl sites for hydroxylation is 1. The summed E-state index contributed by atoms with van der Waals surface area (Å²) in [5.41, 5.74) is -0.239. The van der Waals surface area contributed by atoms with E-state index in [1.165, 1.54) is 7.11 Å². The number of nitrogens with zero attached hydrogens (tertiary/aromatic N) is 2. The molecule has 1 atom stereocenters. The van der Waals surface area contributed by atoms with Gasteiger partial charge in [-0.15, -0.1) is 0 Å². The number of hydrogen-bond donors (Lipinski definition) is 2. The van der Waals surface area contributed by atoms with Crippen molar-refractivity contribution in [2.75, 3.05) is 32.2 Å². The maximum absolute atomic E-state index is 11.4. The molecule has 0 spiro atoms. The number of aromatic nitrogens is 2. The SMILES string of the molecule is COC(=O)c1nc(C)cc(NCC2(O)CCOC2)n1. The van der Waals surface area contributed by atoms with Crippen LogP contribution in [0.15, 0.2) is 6.07 Å². The summed E-state index contributed by atoms with van der Waals surface area (Å²) in [5.74, 6) is -0.109. The van der Waals surface area contributed by atoms with E-state index in [-0.39, 0.29) is 5.82 Å². The van der Waals surface area contributed by atoms with Gasteiger partial charge in [0.05, 0.1) is 13.7 Å². The molecule has 0 aromatic carbocycles. The Bertz CT molecular complexity index is 472. The molecule has 0 amide bonds. The Labute approximate surface area is 111 Å². The lowest BCUT2D eigenvalue weighted by Crippen LogP contribution is -2.37. The van der Waals surface area contributed by atoms with Crippen molar-refractivity contribution in [2.24, 2.45) is 0 Å². The number of rotatable bonds is 4. The average molecular weight is 267 g/mol. The van der Waals surface area contributed by atoms with Gasteiger partial charge in [0.15, 0.2) is 0 Å². The molecule has 1 aliphatic rings. The van der Waals surface area contributed by atoms with E-state index in [9.17, 15) is 9.90 Å². The van der Waals surface area contributed by atoms with Crippen molar-refractivity contribution < 1.29 is 19.4 Å². The van der Waals surface area contributed by atoms with Gasteiger partial charge >= 0.3 is 5.97 Å². The Hall–Kier alpha value is -1.73.